The van der Waals surface area contributed by atoms with Crippen molar-refractivity contribution in [2.75, 3.05) is 0 Å². The maximum Gasteiger partial charge on any atom is 0.328 e. The lowest BCUT2D eigenvalue weighted by Crippen LogP contribution is -2.49. The van der Waals surface area contributed by atoms with Crippen molar-refractivity contribution in [2.24, 2.45) is 0 Å². The molecule has 7 nitrogen and oxygen atoms in total. The van der Waals surface area contributed by atoms with Gasteiger partial charge in [0.05, 0.1) is 6.04 Å². The first-order valence-electron chi connectivity index (χ1n) is 10.6. The summed E-state index contributed by atoms with van der Waals surface area (Å²) in [5, 5.41) is 4.21. The highest BCUT2D eigenvalue weighted by molar-refractivity contribution is 8.14. The number of hydrogen-bond acceptors (Lipinski definition) is 6. The topological polar surface area (TPSA) is 102 Å². The molecule has 33 heavy (non-hydrogen) atoms. The second-order valence-corrected chi connectivity index (χ2v) is 9.84. The Labute approximate surface area is 198 Å². The summed E-state index contributed by atoms with van der Waals surface area (Å²) in [6, 6.07) is 15.8. The summed E-state index contributed by atoms with van der Waals surface area (Å²) in [7, 11) is 0. The number of amides is 2. The third kappa shape index (κ3) is 8.38. The molecule has 0 unspecified atom stereocenters. The van der Waals surface area contributed by atoms with Crippen molar-refractivity contribution in [3.63, 3.8) is 0 Å². The molecule has 0 fully saturated rings. The molecule has 8 heteroatoms. The molecule has 2 aromatic rings. The van der Waals surface area contributed by atoms with Gasteiger partial charge in [0.15, 0.2) is 5.12 Å². The zero-order chi connectivity index (χ0) is 24.6. The van der Waals surface area contributed by atoms with Gasteiger partial charge in [0, 0.05) is 12.5 Å². The Bertz CT molecular complexity index is 973. The van der Waals surface area contributed by atoms with Crippen LogP contribution in [0.25, 0.3) is 0 Å². The van der Waals surface area contributed by atoms with Crippen molar-refractivity contribution >= 4 is 34.7 Å². The van der Waals surface area contributed by atoms with E-state index >= 15 is 0 Å². The van der Waals surface area contributed by atoms with Gasteiger partial charge < -0.3 is 15.4 Å². The number of nitrogens with one attached hydrogen (secondary N) is 2. The quantitative estimate of drug-likeness (QED) is 0.571. The number of rotatable bonds is 8. The van der Waals surface area contributed by atoms with Gasteiger partial charge in [-0.15, -0.1) is 0 Å². The monoisotopic (exact) mass is 470 g/mol. The first-order chi connectivity index (χ1) is 15.5. The van der Waals surface area contributed by atoms with Gasteiger partial charge >= 0.3 is 5.97 Å². The normalized spacial score (nSPS) is 13.8. The summed E-state index contributed by atoms with van der Waals surface area (Å²) in [4.78, 5) is 50.6. The third-order valence-electron chi connectivity index (χ3n) is 4.45. The smallest absolute Gasteiger partial charge is 0.328 e. The molecule has 0 bridgehead atoms. The van der Waals surface area contributed by atoms with E-state index in [2.05, 4.69) is 10.6 Å². The maximum absolute atomic E-state index is 13.2. The molecule has 0 aromatic heterocycles. The van der Waals surface area contributed by atoms with Crippen LogP contribution >= 0.6 is 11.8 Å². The van der Waals surface area contributed by atoms with E-state index in [4.69, 9.17) is 4.74 Å². The van der Waals surface area contributed by atoms with Crippen LogP contribution in [-0.2, 0) is 19.1 Å². The first-order valence-corrected chi connectivity index (χ1v) is 11.5. The fourth-order valence-corrected chi connectivity index (χ4v) is 3.90. The molecule has 0 saturated carbocycles. The van der Waals surface area contributed by atoms with Gasteiger partial charge in [0.1, 0.15) is 16.9 Å². The molecule has 0 aliphatic carbocycles. The SMILES string of the molecule is CC(=O)S[C@H](C(=O)N[C@@H](C)C(=O)OC(C)(C)C)[C@@H](NC(=O)c1ccccc1)c1ccccc1. The van der Waals surface area contributed by atoms with Crippen LogP contribution in [0.15, 0.2) is 60.7 Å². The molecule has 2 N–H and O–H groups in total. The number of esters is 1. The van der Waals surface area contributed by atoms with Crippen molar-refractivity contribution in [1.82, 2.24) is 10.6 Å². The summed E-state index contributed by atoms with van der Waals surface area (Å²) in [5.41, 5.74) is 0.368. The van der Waals surface area contributed by atoms with Crippen LogP contribution in [0.1, 0.15) is 56.6 Å². The molecule has 0 heterocycles. The second-order valence-electron chi connectivity index (χ2n) is 8.52. The zero-order valence-corrected chi connectivity index (χ0v) is 20.3. The van der Waals surface area contributed by atoms with E-state index in [1.54, 1.807) is 75.4 Å². The molecule has 2 rings (SSSR count). The van der Waals surface area contributed by atoms with E-state index in [-0.39, 0.29) is 11.0 Å². The number of benzene rings is 2. The molecule has 0 spiro atoms. The molecule has 2 amide bonds. The number of hydrogen-bond donors (Lipinski definition) is 2. The summed E-state index contributed by atoms with van der Waals surface area (Å²) < 4.78 is 5.33. The minimum absolute atomic E-state index is 0.296. The van der Waals surface area contributed by atoms with Crippen molar-refractivity contribution in [3.05, 3.63) is 71.8 Å². The van der Waals surface area contributed by atoms with Crippen LogP contribution < -0.4 is 10.6 Å². The van der Waals surface area contributed by atoms with E-state index < -0.39 is 34.8 Å². The fraction of sp³-hybridized carbons (Fsp3) is 0.360. The Morgan fingerprint density at radius 2 is 1.42 bits per heavy atom. The van der Waals surface area contributed by atoms with Gasteiger partial charge in [-0.25, -0.2) is 4.79 Å². The standard InChI is InChI=1S/C25H30N2O5S/c1-16(24(31)32-25(3,4)5)26-23(30)21(33-17(2)28)20(18-12-8-6-9-13-18)27-22(29)19-14-10-7-11-15-19/h6-16,20-21H,1-5H3,(H,26,30)(H,27,29)/t16-,20-,21-/m0/s1. The van der Waals surface area contributed by atoms with E-state index in [9.17, 15) is 19.2 Å². The van der Waals surface area contributed by atoms with Crippen molar-refractivity contribution < 1.29 is 23.9 Å². The lowest BCUT2D eigenvalue weighted by molar-refractivity contribution is -0.158. The molecule has 0 aliphatic heterocycles. The average Bonchev–Trinajstić information content (AvgIpc) is 2.75. The minimum atomic E-state index is -1.01. The van der Waals surface area contributed by atoms with Crippen LogP contribution in [0, 0.1) is 0 Å². The first kappa shape index (κ1) is 26.1. The number of carbonyl (C=O) groups excluding carboxylic acids is 4. The fourth-order valence-electron chi connectivity index (χ4n) is 3.00. The van der Waals surface area contributed by atoms with E-state index in [1.165, 1.54) is 13.8 Å². The number of thioether (sulfide) groups is 1. The summed E-state index contributed by atoms with van der Waals surface area (Å²) in [5.74, 6) is -1.53. The van der Waals surface area contributed by atoms with Gasteiger partial charge in [0.2, 0.25) is 5.91 Å². The Balaban J connectivity index is 2.33. The molecule has 0 radical (unpaired) electrons. The lowest BCUT2D eigenvalue weighted by Gasteiger charge is -2.28. The highest BCUT2D eigenvalue weighted by Gasteiger charge is 2.35. The van der Waals surface area contributed by atoms with Gasteiger partial charge in [-0.1, -0.05) is 60.3 Å². The Morgan fingerprint density at radius 3 is 1.94 bits per heavy atom. The molecule has 0 saturated heterocycles. The average molecular weight is 471 g/mol. The van der Waals surface area contributed by atoms with Gasteiger partial charge in [-0.3, -0.25) is 14.4 Å². The summed E-state index contributed by atoms with van der Waals surface area (Å²) in [6.45, 7) is 8.07. The van der Waals surface area contributed by atoms with Crippen LogP contribution in [0.3, 0.4) is 0 Å². The molecule has 2 aromatic carbocycles. The molecule has 0 aliphatic rings. The Morgan fingerprint density at radius 1 is 0.879 bits per heavy atom. The lowest BCUT2D eigenvalue weighted by atomic mass is 10.0. The van der Waals surface area contributed by atoms with Crippen molar-refractivity contribution in [2.45, 2.75) is 57.6 Å². The van der Waals surface area contributed by atoms with Crippen LogP contribution in [0.4, 0.5) is 0 Å². The predicted molar refractivity (Wildman–Crippen MR) is 129 cm³/mol. The minimum Gasteiger partial charge on any atom is -0.458 e. The van der Waals surface area contributed by atoms with E-state index in [0.717, 1.165) is 11.8 Å². The molecular formula is C25H30N2O5S. The second kappa shape index (κ2) is 11.7. The summed E-state index contributed by atoms with van der Waals surface area (Å²) in [6.07, 6.45) is 0. The van der Waals surface area contributed by atoms with Gasteiger partial charge in [-0.2, -0.15) is 0 Å². The Hall–Kier alpha value is -3.13. The van der Waals surface area contributed by atoms with Crippen LogP contribution in [0.2, 0.25) is 0 Å². The highest BCUT2D eigenvalue weighted by Crippen LogP contribution is 2.28. The van der Waals surface area contributed by atoms with Gasteiger partial charge in [0.25, 0.3) is 5.91 Å². The predicted octanol–water partition coefficient (Wildman–Crippen LogP) is 3.65. The van der Waals surface area contributed by atoms with E-state index in [1.807, 2.05) is 6.07 Å². The van der Waals surface area contributed by atoms with Crippen LogP contribution in [0.5, 0.6) is 0 Å². The van der Waals surface area contributed by atoms with Gasteiger partial charge in [-0.05, 0) is 45.4 Å². The largest absolute Gasteiger partial charge is 0.458 e. The Kier molecular flexibility index (Phi) is 9.22. The highest BCUT2D eigenvalue weighted by atomic mass is 32.2. The molecule has 176 valence electrons. The number of ether oxygens (including phenoxy) is 1. The molecule has 3 atom stereocenters. The van der Waals surface area contributed by atoms with E-state index in [0.29, 0.717) is 11.1 Å². The zero-order valence-electron chi connectivity index (χ0n) is 19.5. The summed E-state index contributed by atoms with van der Waals surface area (Å²) >= 11 is 0.797. The maximum atomic E-state index is 13.2. The van der Waals surface area contributed by atoms with Crippen molar-refractivity contribution in [3.8, 4) is 0 Å². The number of carbonyl (C=O) groups is 4. The van der Waals surface area contributed by atoms with Crippen LogP contribution in [-0.4, -0.2) is 39.8 Å². The third-order valence-corrected chi connectivity index (χ3v) is 5.53. The van der Waals surface area contributed by atoms with Crippen molar-refractivity contribution in [1.29, 1.82) is 0 Å². The molecular weight excluding hydrogens is 440 g/mol.